The highest BCUT2D eigenvalue weighted by atomic mass is 19.4. The predicted molar refractivity (Wildman–Crippen MR) is 152 cm³/mol. The number of carbonyl (C=O) groups is 2. The molecule has 222 valence electrons. The number of carbonyl (C=O) groups excluding carboxylic acids is 2. The van der Waals surface area contributed by atoms with E-state index < -0.39 is 23.3 Å². The van der Waals surface area contributed by atoms with Crippen molar-refractivity contribution in [2.24, 2.45) is 5.41 Å². The van der Waals surface area contributed by atoms with E-state index >= 15 is 0 Å². The first kappa shape index (κ1) is 28.8. The Morgan fingerprint density at radius 1 is 1.02 bits per heavy atom. The second kappa shape index (κ2) is 10.8. The average molecular weight is 580 g/mol. The third kappa shape index (κ3) is 5.22. The number of pyridine rings is 1. The van der Waals surface area contributed by atoms with Crippen LogP contribution in [-0.4, -0.2) is 39.9 Å². The van der Waals surface area contributed by atoms with Gasteiger partial charge < -0.3 is 5.11 Å². The predicted octanol–water partition coefficient (Wildman–Crippen LogP) is 6.13. The van der Waals surface area contributed by atoms with Crippen molar-refractivity contribution >= 4 is 22.7 Å². The number of nitrogens with zero attached hydrogens (tertiary/aromatic N) is 2. The first-order valence-corrected chi connectivity index (χ1v) is 14.8. The van der Waals surface area contributed by atoms with Gasteiger partial charge in [-0.3, -0.25) is 24.8 Å². The Bertz CT molecular complexity index is 1510. The van der Waals surface area contributed by atoms with Crippen molar-refractivity contribution in [2.75, 3.05) is 13.1 Å². The summed E-state index contributed by atoms with van der Waals surface area (Å²) in [4.78, 5) is 31.4. The number of imide groups is 1. The molecular formula is C33H36F3N3O3. The summed E-state index contributed by atoms with van der Waals surface area (Å²) in [6.07, 6.45) is 1.79. The van der Waals surface area contributed by atoms with Gasteiger partial charge in [0.2, 0.25) is 11.8 Å². The van der Waals surface area contributed by atoms with Gasteiger partial charge in [0.15, 0.2) is 0 Å². The molecule has 2 amide bonds. The molecule has 1 aliphatic carbocycles. The van der Waals surface area contributed by atoms with Crippen LogP contribution in [0.15, 0.2) is 48.5 Å². The first-order chi connectivity index (χ1) is 20.0. The zero-order chi connectivity index (χ0) is 29.7. The molecule has 2 aliphatic heterocycles. The maximum absolute atomic E-state index is 13.1. The van der Waals surface area contributed by atoms with Gasteiger partial charge in [0.1, 0.15) is 0 Å². The highest BCUT2D eigenvalue weighted by Gasteiger charge is 2.54. The number of hydrogen-bond acceptors (Lipinski definition) is 5. The van der Waals surface area contributed by atoms with Crippen molar-refractivity contribution in [1.82, 2.24) is 15.2 Å². The topological polar surface area (TPSA) is 82.5 Å². The van der Waals surface area contributed by atoms with Crippen molar-refractivity contribution in [1.29, 1.82) is 0 Å². The quantitative estimate of drug-likeness (QED) is 0.364. The van der Waals surface area contributed by atoms with Gasteiger partial charge in [-0.15, -0.1) is 0 Å². The van der Waals surface area contributed by atoms with E-state index in [1.54, 1.807) is 12.1 Å². The lowest BCUT2D eigenvalue weighted by Gasteiger charge is -2.56. The molecule has 1 saturated carbocycles. The van der Waals surface area contributed by atoms with Gasteiger partial charge >= 0.3 is 6.18 Å². The molecule has 3 fully saturated rings. The Morgan fingerprint density at radius 3 is 2.45 bits per heavy atom. The Labute approximate surface area is 243 Å². The molecule has 0 radical (unpaired) electrons. The van der Waals surface area contributed by atoms with E-state index in [9.17, 15) is 27.9 Å². The van der Waals surface area contributed by atoms with Crippen LogP contribution in [0, 0.1) is 12.3 Å². The average Bonchev–Trinajstić information content (AvgIpc) is 2.95. The number of amides is 2. The van der Waals surface area contributed by atoms with E-state index in [1.807, 2.05) is 31.2 Å². The Hall–Kier alpha value is -3.30. The summed E-state index contributed by atoms with van der Waals surface area (Å²) >= 11 is 0. The number of fused-ring (bicyclic) bond motifs is 1. The summed E-state index contributed by atoms with van der Waals surface area (Å²) in [6.45, 7) is 3.69. The largest absolute Gasteiger partial charge is 0.416 e. The first-order valence-electron chi connectivity index (χ1n) is 14.8. The minimum atomic E-state index is -4.36. The van der Waals surface area contributed by atoms with E-state index in [1.165, 1.54) is 0 Å². The lowest BCUT2D eigenvalue weighted by molar-refractivity contribution is -0.159. The van der Waals surface area contributed by atoms with Gasteiger partial charge in [-0.05, 0) is 79.6 Å². The van der Waals surface area contributed by atoms with Crippen LogP contribution in [0.5, 0.6) is 0 Å². The lowest BCUT2D eigenvalue weighted by Crippen LogP contribution is -2.58. The maximum Gasteiger partial charge on any atom is 0.416 e. The van der Waals surface area contributed by atoms with Crippen LogP contribution < -0.4 is 5.32 Å². The lowest BCUT2D eigenvalue weighted by atomic mass is 9.58. The number of aromatic nitrogens is 1. The number of halogens is 3. The molecule has 2 atom stereocenters. The van der Waals surface area contributed by atoms with Crippen LogP contribution >= 0.6 is 0 Å². The van der Waals surface area contributed by atoms with Crippen molar-refractivity contribution in [2.45, 2.75) is 82.5 Å². The minimum absolute atomic E-state index is 0.255. The van der Waals surface area contributed by atoms with Crippen molar-refractivity contribution in [3.8, 4) is 0 Å². The molecule has 1 spiro atoms. The highest BCUT2D eigenvalue weighted by molar-refractivity contribution is 6.01. The summed E-state index contributed by atoms with van der Waals surface area (Å²) in [5.41, 5.74) is 1.90. The summed E-state index contributed by atoms with van der Waals surface area (Å²) in [6, 6.07) is 13.3. The maximum atomic E-state index is 13.1. The fraction of sp³-hybridized carbons (Fsp3) is 0.485. The second-order valence-electron chi connectivity index (χ2n) is 12.4. The molecule has 2 saturated heterocycles. The fourth-order valence-corrected chi connectivity index (χ4v) is 7.56. The van der Waals surface area contributed by atoms with E-state index in [0.29, 0.717) is 38.9 Å². The second-order valence-corrected chi connectivity index (χ2v) is 12.4. The standard InChI is InChI=1S/C33H36F3N3O3/c1-21-27(26-10-12-29(40)38-30(26)41)18-23-17-25(9-11-28(23)37-21)32(42)15-16-39(20-31(32)13-3-2-4-14-31)19-22-5-7-24(8-6-22)33(34,35)36/h5-9,11,17-18,26,42H,2-4,10,12-16,19-20H2,1H3,(H,38,40,41). The molecule has 42 heavy (non-hydrogen) atoms. The summed E-state index contributed by atoms with van der Waals surface area (Å²) in [5.74, 6) is -0.995. The van der Waals surface area contributed by atoms with Crippen LogP contribution in [-0.2, 0) is 27.9 Å². The van der Waals surface area contributed by atoms with Crippen LogP contribution in [0.25, 0.3) is 10.9 Å². The van der Waals surface area contributed by atoms with Crippen LogP contribution in [0.1, 0.15) is 85.2 Å². The molecule has 6 rings (SSSR count). The van der Waals surface area contributed by atoms with Gasteiger partial charge in [0, 0.05) is 42.6 Å². The summed E-state index contributed by atoms with van der Waals surface area (Å²) in [7, 11) is 0. The van der Waals surface area contributed by atoms with E-state index in [-0.39, 0.29) is 17.2 Å². The fourth-order valence-electron chi connectivity index (χ4n) is 7.56. The van der Waals surface area contributed by atoms with E-state index in [0.717, 1.165) is 77.5 Å². The Kier molecular flexibility index (Phi) is 7.38. The molecule has 2 N–H and O–H groups in total. The monoisotopic (exact) mass is 579 g/mol. The molecule has 0 bridgehead atoms. The Balaban J connectivity index is 1.30. The molecule has 6 nitrogen and oxygen atoms in total. The molecule has 3 aliphatic rings. The number of aryl methyl sites for hydroxylation is 1. The molecule has 2 aromatic carbocycles. The zero-order valence-corrected chi connectivity index (χ0v) is 23.8. The third-order valence-electron chi connectivity index (χ3n) is 9.83. The number of benzene rings is 2. The molecule has 2 unspecified atom stereocenters. The van der Waals surface area contributed by atoms with Crippen LogP contribution in [0.3, 0.4) is 0 Å². The van der Waals surface area contributed by atoms with Gasteiger partial charge in [-0.1, -0.05) is 37.5 Å². The summed E-state index contributed by atoms with van der Waals surface area (Å²) in [5, 5.41) is 15.9. The number of alkyl halides is 3. The highest BCUT2D eigenvalue weighted by Crippen LogP contribution is 2.55. The molecule has 1 aromatic heterocycles. The van der Waals surface area contributed by atoms with Crippen LogP contribution in [0.4, 0.5) is 13.2 Å². The smallest absolute Gasteiger partial charge is 0.384 e. The number of aliphatic hydroxyl groups is 1. The molecule has 3 aromatic rings. The number of hydrogen-bond donors (Lipinski definition) is 2. The van der Waals surface area contributed by atoms with Gasteiger partial charge in [-0.2, -0.15) is 13.2 Å². The van der Waals surface area contributed by atoms with Gasteiger partial charge in [0.05, 0.1) is 22.6 Å². The van der Waals surface area contributed by atoms with Crippen molar-refractivity contribution in [3.05, 3.63) is 76.5 Å². The molecule has 9 heteroatoms. The minimum Gasteiger partial charge on any atom is -0.384 e. The van der Waals surface area contributed by atoms with E-state index in [2.05, 4.69) is 10.2 Å². The third-order valence-corrected chi connectivity index (χ3v) is 9.83. The van der Waals surface area contributed by atoms with Crippen molar-refractivity contribution in [3.63, 3.8) is 0 Å². The zero-order valence-electron chi connectivity index (χ0n) is 23.8. The number of likely N-dealkylation sites (tertiary alicyclic amines) is 1. The molecule has 3 heterocycles. The SMILES string of the molecule is Cc1nc2ccc(C3(O)CCN(Cc4ccc(C(F)(F)F)cc4)CC34CCCCC4)cc2cc1C1CCC(=O)NC1=O. The van der Waals surface area contributed by atoms with Gasteiger partial charge in [-0.25, -0.2) is 0 Å². The normalized spacial score (nSPS) is 25.1. The molecular weight excluding hydrogens is 543 g/mol. The summed E-state index contributed by atoms with van der Waals surface area (Å²) < 4.78 is 39.2. The van der Waals surface area contributed by atoms with Gasteiger partial charge in [0.25, 0.3) is 0 Å². The Morgan fingerprint density at radius 2 is 1.76 bits per heavy atom. The number of rotatable bonds is 4. The van der Waals surface area contributed by atoms with Crippen molar-refractivity contribution < 1.29 is 27.9 Å². The van der Waals surface area contributed by atoms with E-state index in [4.69, 9.17) is 4.98 Å². The number of nitrogens with one attached hydrogen (secondary N) is 1. The van der Waals surface area contributed by atoms with Crippen LogP contribution in [0.2, 0.25) is 0 Å². The number of piperidine rings is 2.